The highest BCUT2D eigenvalue weighted by atomic mass is 32.2. The van der Waals surface area contributed by atoms with Crippen LogP contribution in [0.25, 0.3) is 0 Å². The van der Waals surface area contributed by atoms with Crippen molar-refractivity contribution >= 4 is 39.0 Å². The quantitative estimate of drug-likeness (QED) is 0.855. The molecule has 0 aromatic heterocycles. The molecule has 1 heterocycles. The monoisotopic (exact) mass is 316 g/mol. The lowest BCUT2D eigenvalue weighted by molar-refractivity contribution is 0.424. The zero-order valence-electron chi connectivity index (χ0n) is 10.6. The fourth-order valence-electron chi connectivity index (χ4n) is 1.96. The van der Waals surface area contributed by atoms with Crippen molar-refractivity contribution in [2.45, 2.75) is 17.1 Å². The minimum absolute atomic E-state index is 0.208. The maximum atomic E-state index is 12.5. The molecule has 0 aliphatic carbocycles. The molecule has 19 heavy (non-hydrogen) atoms. The van der Waals surface area contributed by atoms with Gasteiger partial charge in [-0.25, -0.2) is 8.42 Å². The Bertz CT molecular complexity index is 586. The molecule has 1 fully saturated rings. The summed E-state index contributed by atoms with van der Waals surface area (Å²) in [5.41, 5.74) is 6.13. The van der Waals surface area contributed by atoms with Crippen LogP contribution in [0.5, 0.6) is 0 Å². The van der Waals surface area contributed by atoms with E-state index in [9.17, 15) is 8.42 Å². The Morgan fingerprint density at radius 2 is 2.26 bits per heavy atom. The normalized spacial score (nSPS) is 21.2. The number of nitrogens with zero attached hydrogens (tertiary/aromatic N) is 1. The molecule has 0 radical (unpaired) electrons. The van der Waals surface area contributed by atoms with E-state index in [-0.39, 0.29) is 9.88 Å². The van der Waals surface area contributed by atoms with Crippen LogP contribution < -0.4 is 5.73 Å². The van der Waals surface area contributed by atoms with Crippen LogP contribution in [0.3, 0.4) is 0 Å². The summed E-state index contributed by atoms with van der Waals surface area (Å²) >= 11 is 6.68. The van der Waals surface area contributed by atoms with Gasteiger partial charge in [-0.15, -0.1) is 0 Å². The second-order valence-electron chi connectivity index (χ2n) is 4.44. The summed E-state index contributed by atoms with van der Waals surface area (Å²) in [5.74, 6) is 0.829. The highest BCUT2D eigenvalue weighted by Gasteiger charge is 2.29. The Morgan fingerprint density at radius 3 is 2.89 bits per heavy atom. The number of hydrogen-bond acceptors (Lipinski definition) is 4. The lowest BCUT2D eigenvalue weighted by Crippen LogP contribution is -2.41. The maximum Gasteiger partial charge on any atom is 0.243 e. The van der Waals surface area contributed by atoms with Crippen molar-refractivity contribution in [3.8, 4) is 0 Å². The van der Waals surface area contributed by atoms with E-state index < -0.39 is 10.0 Å². The third-order valence-corrected chi connectivity index (χ3v) is 6.19. The molecule has 1 aromatic carbocycles. The minimum Gasteiger partial charge on any atom is -0.389 e. The minimum atomic E-state index is -3.45. The van der Waals surface area contributed by atoms with Gasteiger partial charge >= 0.3 is 0 Å². The third kappa shape index (κ3) is 3.28. The van der Waals surface area contributed by atoms with Gasteiger partial charge in [-0.05, 0) is 12.1 Å². The van der Waals surface area contributed by atoms with Gasteiger partial charge in [-0.3, -0.25) is 0 Å². The van der Waals surface area contributed by atoms with Crippen LogP contribution in [-0.2, 0) is 10.0 Å². The van der Waals surface area contributed by atoms with Crippen molar-refractivity contribution in [2.24, 2.45) is 5.73 Å². The van der Waals surface area contributed by atoms with E-state index in [4.69, 9.17) is 18.0 Å². The van der Waals surface area contributed by atoms with Crippen LogP contribution in [-0.4, -0.2) is 41.8 Å². The highest BCUT2D eigenvalue weighted by Crippen LogP contribution is 2.24. The number of nitrogens with two attached hydrogens (primary N) is 1. The van der Waals surface area contributed by atoms with Gasteiger partial charge in [0.05, 0.1) is 4.90 Å². The standard InChI is InChI=1S/C12H16N2O2S3/c1-9-8-14(5-6-18-9)19(15,16)11-4-2-3-10(7-11)12(13)17/h2-4,7,9H,5-6,8H2,1H3,(H2,13,17). The van der Waals surface area contributed by atoms with E-state index >= 15 is 0 Å². The topological polar surface area (TPSA) is 63.4 Å². The van der Waals surface area contributed by atoms with E-state index in [2.05, 4.69) is 0 Å². The Morgan fingerprint density at radius 1 is 1.53 bits per heavy atom. The van der Waals surface area contributed by atoms with Gasteiger partial charge in [0.15, 0.2) is 0 Å². The van der Waals surface area contributed by atoms with Gasteiger partial charge in [0.25, 0.3) is 0 Å². The first-order chi connectivity index (χ1) is 8.91. The van der Waals surface area contributed by atoms with Gasteiger partial charge in [0, 0.05) is 29.7 Å². The van der Waals surface area contributed by atoms with Crippen LogP contribution in [0.2, 0.25) is 0 Å². The Labute approximate surface area is 123 Å². The lowest BCUT2D eigenvalue weighted by atomic mass is 10.2. The molecule has 0 amide bonds. The number of rotatable bonds is 3. The van der Waals surface area contributed by atoms with Crippen molar-refractivity contribution in [1.82, 2.24) is 4.31 Å². The van der Waals surface area contributed by atoms with Crippen molar-refractivity contribution in [3.05, 3.63) is 29.8 Å². The van der Waals surface area contributed by atoms with Crippen LogP contribution in [0.4, 0.5) is 0 Å². The van der Waals surface area contributed by atoms with Crippen molar-refractivity contribution in [3.63, 3.8) is 0 Å². The zero-order chi connectivity index (χ0) is 14.0. The zero-order valence-corrected chi connectivity index (χ0v) is 13.0. The van der Waals surface area contributed by atoms with Gasteiger partial charge in [0.1, 0.15) is 4.99 Å². The number of thiocarbonyl (C=S) groups is 1. The molecule has 1 unspecified atom stereocenters. The summed E-state index contributed by atoms with van der Waals surface area (Å²) in [7, 11) is -3.45. The summed E-state index contributed by atoms with van der Waals surface area (Å²) in [6, 6.07) is 6.52. The fourth-order valence-corrected chi connectivity index (χ4v) is 4.89. The van der Waals surface area contributed by atoms with Crippen molar-refractivity contribution in [2.75, 3.05) is 18.8 Å². The maximum absolute atomic E-state index is 12.5. The highest BCUT2D eigenvalue weighted by molar-refractivity contribution is 8.00. The molecule has 2 N–H and O–H groups in total. The Hall–Kier alpha value is -0.630. The summed E-state index contributed by atoms with van der Waals surface area (Å²) < 4.78 is 26.6. The summed E-state index contributed by atoms with van der Waals surface area (Å²) in [4.78, 5) is 0.469. The molecule has 1 saturated heterocycles. The second kappa shape index (κ2) is 5.78. The molecule has 2 rings (SSSR count). The molecule has 0 saturated carbocycles. The van der Waals surface area contributed by atoms with E-state index in [1.165, 1.54) is 4.31 Å². The third-order valence-electron chi connectivity index (χ3n) is 2.96. The first kappa shape index (κ1) is 14.8. The number of benzene rings is 1. The van der Waals surface area contributed by atoms with E-state index in [0.717, 1.165) is 5.75 Å². The Kier molecular flexibility index (Phi) is 4.50. The predicted molar refractivity (Wildman–Crippen MR) is 83.0 cm³/mol. The Balaban J connectivity index is 2.33. The molecule has 1 aromatic rings. The van der Waals surface area contributed by atoms with E-state index in [1.807, 2.05) is 6.92 Å². The number of thioether (sulfide) groups is 1. The van der Waals surface area contributed by atoms with Crippen LogP contribution in [0.1, 0.15) is 12.5 Å². The molecule has 0 bridgehead atoms. The molecule has 1 aliphatic heterocycles. The summed E-state index contributed by atoms with van der Waals surface area (Å²) in [6.45, 7) is 3.14. The first-order valence-electron chi connectivity index (χ1n) is 5.93. The van der Waals surface area contributed by atoms with Crippen LogP contribution in [0, 0.1) is 0 Å². The average Bonchev–Trinajstić information content (AvgIpc) is 2.39. The molecular formula is C12H16N2O2S3. The van der Waals surface area contributed by atoms with Gasteiger partial charge < -0.3 is 5.73 Å². The smallest absolute Gasteiger partial charge is 0.243 e. The lowest BCUT2D eigenvalue weighted by Gasteiger charge is -2.29. The largest absolute Gasteiger partial charge is 0.389 e. The predicted octanol–water partition coefficient (Wildman–Crippen LogP) is 1.45. The van der Waals surface area contributed by atoms with Gasteiger partial charge in [-0.2, -0.15) is 16.1 Å². The van der Waals surface area contributed by atoms with E-state index in [1.54, 1.807) is 36.0 Å². The molecule has 4 nitrogen and oxygen atoms in total. The van der Waals surface area contributed by atoms with Gasteiger partial charge in [-0.1, -0.05) is 31.3 Å². The molecular weight excluding hydrogens is 300 g/mol. The molecule has 1 atom stereocenters. The fraction of sp³-hybridized carbons (Fsp3) is 0.417. The molecule has 1 aliphatic rings. The van der Waals surface area contributed by atoms with Crippen LogP contribution >= 0.6 is 24.0 Å². The van der Waals surface area contributed by atoms with Gasteiger partial charge in [0.2, 0.25) is 10.0 Å². The second-order valence-corrected chi connectivity index (χ2v) is 8.36. The summed E-state index contributed by atoms with van der Waals surface area (Å²) in [5, 5.41) is 0.322. The molecule has 0 spiro atoms. The van der Waals surface area contributed by atoms with E-state index in [0.29, 0.717) is 23.9 Å². The SMILES string of the molecule is CC1CN(S(=O)(=O)c2cccc(C(N)=S)c2)CCS1. The molecule has 7 heteroatoms. The average molecular weight is 316 g/mol. The molecule has 104 valence electrons. The number of hydrogen-bond donors (Lipinski definition) is 1. The summed E-state index contributed by atoms with van der Waals surface area (Å²) in [6.07, 6.45) is 0. The first-order valence-corrected chi connectivity index (χ1v) is 8.82. The van der Waals surface area contributed by atoms with Crippen molar-refractivity contribution in [1.29, 1.82) is 0 Å². The van der Waals surface area contributed by atoms with Crippen LogP contribution in [0.15, 0.2) is 29.2 Å². The van der Waals surface area contributed by atoms with Crippen molar-refractivity contribution < 1.29 is 8.42 Å². The number of sulfonamides is 1.